The molecule has 1 N–H and O–H groups in total. The maximum absolute atomic E-state index is 13.0. The van der Waals surface area contributed by atoms with Gasteiger partial charge in [-0.05, 0) is 63.1 Å². The number of fused-ring (bicyclic) bond motifs is 1. The number of hydrogen-bond acceptors (Lipinski definition) is 5. The molecule has 0 aliphatic carbocycles. The number of carbonyl (C=O) groups is 2. The van der Waals surface area contributed by atoms with Crippen LogP contribution in [0.2, 0.25) is 0 Å². The summed E-state index contributed by atoms with van der Waals surface area (Å²) in [6, 6.07) is 11.4. The molecule has 1 fully saturated rings. The topological polar surface area (TPSA) is 78.4 Å². The Bertz CT molecular complexity index is 1180. The lowest BCUT2D eigenvalue weighted by molar-refractivity contribution is -0.117. The molecule has 2 heterocycles. The molecular formula is C25H29N5O2. The number of amides is 2. The minimum Gasteiger partial charge on any atom is -0.336 e. The predicted molar refractivity (Wildman–Crippen MR) is 126 cm³/mol. The van der Waals surface area contributed by atoms with Crippen molar-refractivity contribution in [1.29, 1.82) is 0 Å². The number of aromatic nitrogens is 2. The number of anilines is 1. The molecule has 0 radical (unpaired) electrons. The molecule has 3 aromatic rings. The van der Waals surface area contributed by atoms with E-state index in [0.717, 1.165) is 39.2 Å². The van der Waals surface area contributed by atoms with Crippen molar-refractivity contribution in [1.82, 2.24) is 19.8 Å². The quantitative estimate of drug-likeness (QED) is 0.686. The summed E-state index contributed by atoms with van der Waals surface area (Å²) in [6.45, 7) is 10.7. The SMILES string of the molecule is Cc1cccc(NC(=O)CN2CCN(C(=O)c3ccc4nc(C)c(C)nc4c3)CC2)c1C. The Balaban J connectivity index is 1.34. The molecule has 1 saturated heterocycles. The minimum absolute atomic E-state index is 0.00795. The predicted octanol–water partition coefficient (Wildman–Crippen LogP) is 3.26. The first-order chi connectivity index (χ1) is 15.3. The van der Waals surface area contributed by atoms with Gasteiger partial charge in [0.05, 0.1) is 29.0 Å². The van der Waals surface area contributed by atoms with Crippen LogP contribution in [0.4, 0.5) is 5.69 Å². The molecule has 32 heavy (non-hydrogen) atoms. The molecule has 7 nitrogen and oxygen atoms in total. The van der Waals surface area contributed by atoms with Gasteiger partial charge in [-0.25, -0.2) is 9.97 Å². The molecule has 0 saturated carbocycles. The van der Waals surface area contributed by atoms with Crippen molar-refractivity contribution in [3.63, 3.8) is 0 Å². The Hall–Kier alpha value is -3.32. The lowest BCUT2D eigenvalue weighted by Crippen LogP contribution is -2.50. The molecule has 2 aromatic carbocycles. The van der Waals surface area contributed by atoms with Crippen LogP contribution in [0.5, 0.6) is 0 Å². The lowest BCUT2D eigenvalue weighted by atomic mass is 10.1. The number of piperazine rings is 1. The monoisotopic (exact) mass is 431 g/mol. The summed E-state index contributed by atoms with van der Waals surface area (Å²) < 4.78 is 0. The molecule has 166 valence electrons. The molecule has 1 aliphatic heterocycles. The van der Waals surface area contributed by atoms with Crippen molar-refractivity contribution in [2.75, 3.05) is 38.0 Å². The number of nitrogens with one attached hydrogen (secondary N) is 1. The first-order valence-corrected chi connectivity index (χ1v) is 10.9. The number of benzene rings is 2. The van der Waals surface area contributed by atoms with Crippen LogP contribution < -0.4 is 5.32 Å². The second-order valence-electron chi connectivity index (χ2n) is 8.46. The van der Waals surface area contributed by atoms with Gasteiger partial charge in [-0.1, -0.05) is 12.1 Å². The number of hydrogen-bond donors (Lipinski definition) is 1. The highest BCUT2D eigenvalue weighted by Crippen LogP contribution is 2.19. The Labute approximate surface area is 188 Å². The Morgan fingerprint density at radius 3 is 2.31 bits per heavy atom. The fraction of sp³-hybridized carbons (Fsp3) is 0.360. The highest BCUT2D eigenvalue weighted by Gasteiger charge is 2.24. The van der Waals surface area contributed by atoms with E-state index in [1.165, 1.54) is 0 Å². The maximum Gasteiger partial charge on any atom is 0.254 e. The Kier molecular flexibility index (Phi) is 6.19. The van der Waals surface area contributed by atoms with Crippen molar-refractivity contribution in [2.45, 2.75) is 27.7 Å². The van der Waals surface area contributed by atoms with Crippen LogP contribution in [0.15, 0.2) is 36.4 Å². The molecule has 2 amide bonds. The zero-order chi connectivity index (χ0) is 22.8. The Morgan fingerprint density at radius 2 is 1.59 bits per heavy atom. The molecule has 0 bridgehead atoms. The summed E-state index contributed by atoms with van der Waals surface area (Å²) in [6.07, 6.45) is 0. The highest BCUT2D eigenvalue weighted by atomic mass is 16.2. The van der Waals surface area contributed by atoms with Gasteiger partial charge in [0.25, 0.3) is 5.91 Å². The smallest absolute Gasteiger partial charge is 0.254 e. The zero-order valence-electron chi connectivity index (χ0n) is 19.1. The van der Waals surface area contributed by atoms with Crippen LogP contribution in [0, 0.1) is 27.7 Å². The van der Waals surface area contributed by atoms with Gasteiger partial charge in [0.15, 0.2) is 0 Å². The second kappa shape index (κ2) is 9.04. The Morgan fingerprint density at radius 1 is 0.906 bits per heavy atom. The third-order valence-electron chi connectivity index (χ3n) is 6.23. The summed E-state index contributed by atoms with van der Waals surface area (Å²) in [5.41, 5.74) is 7.01. The normalized spacial score (nSPS) is 14.6. The van der Waals surface area contributed by atoms with Crippen molar-refractivity contribution in [3.8, 4) is 0 Å². The van der Waals surface area contributed by atoms with Gasteiger partial charge in [0.2, 0.25) is 5.91 Å². The number of rotatable bonds is 4. The van der Waals surface area contributed by atoms with Crippen molar-refractivity contribution in [2.24, 2.45) is 0 Å². The van der Waals surface area contributed by atoms with E-state index in [1.807, 2.05) is 69.0 Å². The largest absolute Gasteiger partial charge is 0.336 e. The van der Waals surface area contributed by atoms with E-state index in [4.69, 9.17) is 0 Å². The third-order valence-corrected chi connectivity index (χ3v) is 6.23. The molecule has 7 heteroatoms. The van der Waals surface area contributed by atoms with Gasteiger partial charge in [-0.3, -0.25) is 14.5 Å². The van der Waals surface area contributed by atoms with Crippen molar-refractivity contribution in [3.05, 3.63) is 64.5 Å². The lowest BCUT2D eigenvalue weighted by Gasteiger charge is -2.34. The van der Waals surface area contributed by atoms with Gasteiger partial charge in [0, 0.05) is 37.4 Å². The van der Waals surface area contributed by atoms with Crippen molar-refractivity contribution < 1.29 is 9.59 Å². The van der Waals surface area contributed by atoms with Crippen molar-refractivity contribution >= 4 is 28.5 Å². The fourth-order valence-corrected chi connectivity index (χ4v) is 3.93. The zero-order valence-corrected chi connectivity index (χ0v) is 19.1. The maximum atomic E-state index is 13.0. The summed E-state index contributed by atoms with van der Waals surface area (Å²) in [4.78, 5) is 38.6. The van der Waals surface area contributed by atoms with Gasteiger partial charge in [-0.15, -0.1) is 0 Å². The van der Waals surface area contributed by atoms with Crippen LogP contribution >= 0.6 is 0 Å². The van der Waals surface area contributed by atoms with Crippen LogP contribution in [0.25, 0.3) is 11.0 Å². The van der Waals surface area contributed by atoms with Crippen LogP contribution in [-0.4, -0.2) is 64.3 Å². The summed E-state index contributed by atoms with van der Waals surface area (Å²) in [5, 5.41) is 3.01. The molecule has 0 atom stereocenters. The third kappa shape index (κ3) is 4.62. The van der Waals surface area contributed by atoms with E-state index in [9.17, 15) is 9.59 Å². The summed E-state index contributed by atoms with van der Waals surface area (Å²) in [5.74, 6) is -0.0383. The van der Waals surface area contributed by atoms with Crippen LogP contribution in [0.3, 0.4) is 0 Å². The molecule has 0 spiro atoms. The summed E-state index contributed by atoms with van der Waals surface area (Å²) >= 11 is 0. The first kappa shape index (κ1) is 21.9. The fourth-order valence-electron chi connectivity index (χ4n) is 3.93. The minimum atomic E-state index is -0.0303. The van der Waals surface area contributed by atoms with E-state index in [-0.39, 0.29) is 11.8 Å². The van der Waals surface area contributed by atoms with Gasteiger partial charge < -0.3 is 10.2 Å². The van der Waals surface area contributed by atoms with Gasteiger partial charge >= 0.3 is 0 Å². The average molecular weight is 432 g/mol. The second-order valence-corrected chi connectivity index (χ2v) is 8.46. The molecule has 1 aliphatic rings. The number of aryl methyl sites for hydroxylation is 3. The van der Waals surface area contributed by atoms with Crippen LogP contribution in [0.1, 0.15) is 32.9 Å². The highest BCUT2D eigenvalue weighted by molar-refractivity contribution is 5.97. The van der Waals surface area contributed by atoms with E-state index in [0.29, 0.717) is 38.3 Å². The molecule has 1 aromatic heterocycles. The molecular weight excluding hydrogens is 402 g/mol. The van der Waals surface area contributed by atoms with Gasteiger partial charge in [0.1, 0.15) is 0 Å². The van der Waals surface area contributed by atoms with Crippen LogP contribution in [-0.2, 0) is 4.79 Å². The van der Waals surface area contributed by atoms with E-state index in [2.05, 4.69) is 20.2 Å². The van der Waals surface area contributed by atoms with Gasteiger partial charge in [-0.2, -0.15) is 0 Å². The van der Waals surface area contributed by atoms with E-state index < -0.39 is 0 Å². The number of nitrogens with zero attached hydrogens (tertiary/aromatic N) is 4. The molecule has 0 unspecified atom stereocenters. The standard InChI is InChI=1S/C25H29N5O2/c1-16-6-5-7-21(17(16)2)28-24(31)15-29-10-12-30(13-11-29)25(32)20-8-9-22-23(14-20)27-19(4)18(3)26-22/h5-9,14H,10-13,15H2,1-4H3,(H,28,31). The van der Waals surface area contributed by atoms with E-state index in [1.54, 1.807) is 0 Å². The average Bonchev–Trinajstić information content (AvgIpc) is 2.77. The summed E-state index contributed by atoms with van der Waals surface area (Å²) in [7, 11) is 0. The molecule has 4 rings (SSSR count). The number of carbonyl (C=O) groups excluding carboxylic acids is 2. The van der Waals surface area contributed by atoms with E-state index >= 15 is 0 Å². The first-order valence-electron chi connectivity index (χ1n) is 10.9.